The van der Waals surface area contributed by atoms with E-state index in [0.717, 1.165) is 6.42 Å². The standard InChI is InChI=1S/C9H18F2N2O2/c1-3-4-13-9(2,8(12)14)6-15-5-7(10)11/h7,13H,3-6H2,1-2H3,(H2,12,14). The van der Waals surface area contributed by atoms with Crippen LogP contribution < -0.4 is 11.1 Å². The molecule has 0 aliphatic heterocycles. The molecule has 0 rings (SSSR count). The van der Waals surface area contributed by atoms with Crippen molar-refractivity contribution < 1.29 is 18.3 Å². The summed E-state index contributed by atoms with van der Waals surface area (Å²) in [5.41, 5.74) is 4.08. The Morgan fingerprint density at radius 1 is 1.60 bits per heavy atom. The second-order valence-corrected chi connectivity index (χ2v) is 3.53. The normalized spacial score (nSPS) is 15.3. The van der Waals surface area contributed by atoms with Gasteiger partial charge in [-0.2, -0.15) is 0 Å². The summed E-state index contributed by atoms with van der Waals surface area (Å²) >= 11 is 0. The lowest BCUT2D eigenvalue weighted by Gasteiger charge is -2.27. The van der Waals surface area contributed by atoms with Gasteiger partial charge in [0.2, 0.25) is 5.91 Å². The molecule has 0 aromatic heterocycles. The van der Waals surface area contributed by atoms with Crippen LogP contribution in [-0.2, 0) is 9.53 Å². The maximum Gasteiger partial charge on any atom is 0.261 e. The number of alkyl halides is 2. The monoisotopic (exact) mass is 224 g/mol. The van der Waals surface area contributed by atoms with Crippen LogP contribution in [0.5, 0.6) is 0 Å². The van der Waals surface area contributed by atoms with Gasteiger partial charge >= 0.3 is 0 Å². The molecule has 0 aromatic rings. The van der Waals surface area contributed by atoms with Crippen LogP contribution in [0.25, 0.3) is 0 Å². The molecule has 90 valence electrons. The van der Waals surface area contributed by atoms with Crippen molar-refractivity contribution in [3.05, 3.63) is 0 Å². The predicted molar refractivity (Wildman–Crippen MR) is 52.7 cm³/mol. The van der Waals surface area contributed by atoms with Crippen LogP contribution in [0.2, 0.25) is 0 Å². The fourth-order valence-electron chi connectivity index (χ4n) is 0.962. The van der Waals surface area contributed by atoms with Crippen molar-refractivity contribution in [1.82, 2.24) is 5.32 Å². The van der Waals surface area contributed by atoms with E-state index in [9.17, 15) is 13.6 Å². The van der Waals surface area contributed by atoms with Gasteiger partial charge in [0.15, 0.2) is 0 Å². The summed E-state index contributed by atoms with van der Waals surface area (Å²) in [6, 6.07) is 0. The molecule has 0 spiro atoms. The third kappa shape index (κ3) is 5.64. The number of primary amides is 1. The molecule has 0 saturated heterocycles. The van der Waals surface area contributed by atoms with Crippen LogP contribution in [0.15, 0.2) is 0 Å². The number of hydrogen-bond acceptors (Lipinski definition) is 3. The van der Waals surface area contributed by atoms with Crippen molar-refractivity contribution in [2.45, 2.75) is 32.2 Å². The molecule has 0 saturated carbocycles. The Kier molecular flexibility index (Phi) is 6.35. The van der Waals surface area contributed by atoms with Crippen LogP contribution >= 0.6 is 0 Å². The van der Waals surface area contributed by atoms with Crippen molar-refractivity contribution in [2.75, 3.05) is 19.8 Å². The molecule has 0 fully saturated rings. The molecule has 0 radical (unpaired) electrons. The molecule has 6 heteroatoms. The molecule has 0 aromatic carbocycles. The number of nitrogens with two attached hydrogens (primary N) is 1. The molecule has 1 atom stereocenters. The van der Waals surface area contributed by atoms with Crippen LogP contribution in [-0.4, -0.2) is 37.6 Å². The first-order chi connectivity index (χ1) is 6.92. The van der Waals surface area contributed by atoms with E-state index in [1.807, 2.05) is 6.92 Å². The Balaban J connectivity index is 4.07. The number of nitrogens with one attached hydrogen (secondary N) is 1. The number of carbonyl (C=O) groups is 1. The van der Waals surface area contributed by atoms with E-state index in [4.69, 9.17) is 10.5 Å². The topological polar surface area (TPSA) is 64.3 Å². The van der Waals surface area contributed by atoms with E-state index in [-0.39, 0.29) is 6.61 Å². The van der Waals surface area contributed by atoms with Crippen molar-refractivity contribution in [3.8, 4) is 0 Å². The lowest BCUT2D eigenvalue weighted by Crippen LogP contribution is -2.56. The number of carbonyl (C=O) groups excluding carboxylic acids is 1. The zero-order chi connectivity index (χ0) is 11.9. The minimum Gasteiger partial charge on any atom is -0.373 e. The van der Waals surface area contributed by atoms with Gasteiger partial charge in [-0.25, -0.2) is 8.78 Å². The van der Waals surface area contributed by atoms with Gasteiger partial charge in [0.05, 0.1) is 6.61 Å². The Bertz CT molecular complexity index is 203. The molecular formula is C9H18F2N2O2. The number of hydrogen-bond donors (Lipinski definition) is 2. The van der Waals surface area contributed by atoms with Crippen LogP contribution in [0.3, 0.4) is 0 Å². The van der Waals surface area contributed by atoms with E-state index in [1.54, 1.807) is 0 Å². The van der Waals surface area contributed by atoms with Gasteiger partial charge in [0.1, 0.15) is 12.1 Å². The third-order valence-electron chi connectivity index (χ3n) is 1.94. The van der Waals surface area contributed by atoms with Gasteiger partial charge < -0.3 is 15.8 Å². The zero-order valence-electron chi connectivity index (χ0n) is 9.06. The molecule has 15 heavy (non-hydrogen) atoms. The number of amides is 1. The first-order valence-corrected chi connectivity index (χ1v) is 4.83. The fraction of sp³-hybridized carbons (Fsp3) is 0.889. The van der Waals surface area contributed by atoms with E-state index in [2.05, 4.69) is 5.32 Å². The van der Waals surface area contributed by atoms with E-state index < -0.39 is 24.5 Å². The molecule has 4 nitrogen and oxygen atoms in total. The van der Waals surface area contributed by atoms with E-state index in [0.29, 0.717) is 6.54 Å². The summed E-state index contributed by atoms with van der Waals surface area (Å²) in [5.74, 6) is -0.606. The maximum atomic E-state index is 11.8. The molecule has 1 amide bonds. The fourth-order valence-corrected chi connectivity index (χ4v) is 0.962. The van der Waals surface area contributed by atoms with Gasteiger partial charge in [0, 0.05) is 0 Å². The Morgan fingerprint density at radius 2 is 2.20 bits per heavy atom. The molecule has 3 N–H and O–H groups in total. The lowest BCUT2D eigenvalue weighted by atomic mass is 10.0. The van der Waals surface area contributed by atoms with Crippen LogP contribution in [0, 0.1) is 0 Å². The largest absolute Gasteiger partial charge is 0.373 e. The predicted octanol–water partition coefficient (Wildman–Crippen LogP) is 0.512. The average Bonchev–Trinajstić information content (AvgIpc) is 2.14. The lowest BCUT2D eigenvalue weighted by molar-refractivity contribution is -0.127. The Labute approximate surface area is 88.2 Å². The van der Waals surface area contributed by atoms with E-state index in [1.165, 1.54) is 6.92 Å². The SMILES string of the molecule is CCCNC(C)(COCC(F)F)C(N)=O. The smallest absolute Gasteiger partial charge is 0.261 e. The van der Waals surface area contributed by atoms with Gasteiger partial charge in [-0.05, 0) is 19.9 Å². The molecular weight excluding hydrogens is 206 g/mol. The highest BCUT2D eigenvalue weighted by molar-refractivity contribution is 5.84. The van der Waals surface area contributed by atoms with Crippen LogP contribution in [0.4, 0.5) is 8.78 Å². The molecule has 0 aliphatic rings. The summed E-state index contributed by atoms with van der Waals surface area (Å²) in [6.07, 6.45) is -1.72. The minimum atomic E-state index is -2.53. The van der Waals surface area contributed by atoms with Gasteiger partial charge in [-0.15, -0.1) is 0 Å². The Morgan fingerprint density at radius 3 is 2.60 bits per heavy atom. The highest BCUT2D eigenvalue weighted by atomic mass is 19.3. The summed E-state index contributed by atoms with van der Waals surface area (Å²) in [4.78, 5) is 11.1. The quantitative estimate of drug-likeness (QED) is 0.631. The second kappa shape index (κ2) is 6.68. The highest BCUT2D eigenvalue weighted by Gasteiger charge is 2.30. The number of ether oxygens (including phenoxy) is 1. The Hall–Kier alpha value is -0.750. The average molecular weight is 224 g/mol. The summed E-state index contributed by atoms with van der Waals surface area (Å²) in [7, 11) is 0. The van der Waals surface area contributed by atoms with Crippen molar-refractivity contribution in [1.29, 1.82) is 0 Å². The van der Waals surface area contributed by atoms with Crippen molar-refractivity contribution in [3.63, 3.8) is 0 Å². The summed E-state index contributed by atoms with van der Waals surface area (Å²) in [6.45, 7) is 3.21. The second-order valence-electron chi connectivity index (χ2n) is 3.53. The summed E-state index contributed by atoms with van der Waals surface area (Å²) < 4.78 is 28.3. The van der Waals surface area contributed by atoms with Gasteiger partial charge in [0.25, 0.3) is 6.43 Å². The first kappa shape index (κ1) is 14.2. The molecule has 0 heterocycles. The highest BCUT2D eigenvalue weighted by Crippen LogP contribution is 2.05. The zero-order valence-corrected chi connectivity index (χ0v) is 9.06. The van der Waals surface area contributed by atoms with Gasteiger partial charge in [-0.3, -0.25) is 4.79 Å². The molecule has 0 bridgehead atoms. The number of rotatable bonds is 8. The minimum absolute atomic E-state index is 0.146. The van der Waals surface area contributed by atoms with Crippen molar-refractivity contribution in [2.24, 2.45) is 5.73 Å². The summed E-state index contributed by atoms with van der Waals surface area (Å²) in [5, 5.41) is 2.87. The molecule has 0 aliphatic carbocycles. The number of halogens is 2. The van der Waals surface area contributed by atoms with Crippen molar-refractivity contribution >= 4 is 5.91 Å². The molecule has 1 unspecified atom stereocenters. The first-order valence-electron chi connectivity index (χ1n) is 4.83. The van der Waals surface area contributed by atoms with Gasteiger partial charge in [-0.1, -0.05) is 6.92 Å². The maximum absolute atomic E-state index is 11.8. The third-order valence-corrected chi connectivity index (χ3v) is 1.94. The van der Waals surface area contributed by atoms with E-state index >= 15 is 0 Å². The van der Waals surface area contributed by atoms with Crippen LogP contribution in [0.1, 0.15) is 20.3 Å².